The van der Waals surface area contributed by atoms with Gasteiger partial charge in [-0.15, -0.1) is 24.2 Å². The SMILES string of the molecule is CSc1nn(-c2ccccc2)c2cc(N3CCN(C(=O)C4CCCNC4)CC3)ccc12.Cl. The van der Waals surface area contributed by atoms with Gasteiger partial charge in [0.2, 0.25) is 5.91 Å². The third-order valence-corrected chi connectivity index (χ3v) is 7.12. The minimum absolute atomic E-state index is 0. The van der Waals surface area contributed by atoms with Gasteiger partial charge < -0.3 is 15.1 Å². The first-order chi connectivity index (χ1) is 15.2. The van der Waals surface area contributed by atoms with Crippen LogP contribution in [0.15, 0.2) is 53.6 Å². The van der Waals surface area contributed by atoms with Gasteiger partial charge in [0.15, 0.2) is 0 Å². The minimum atomic E-state index is 0. The molecular formula is C24H30ClN5OS. The molecule has 1 aromatic heterocycles. The van der Waals surface area contributed by atoms with Gasteiger partial charge in [0.1, 0.15) is 5.03 Å². The number of piperazine rings is 1. The van der Waals surface area contributed by atoms with Crippen LogP contribution in [0.4, 0.5) is 5.69 Å². The number of carbonyl (C=O) groups is 1. The second-order valence-corrected chi connectivity index (χ2v) is 9.11. The Bertz CT molecular complexity index is 1060. The Balaban J connectivity index is 0.00000245. The van der Waals surface area contributed by atoms with Crippen molar-refractivity contribution in [2.45, 2.75) is 17.9 Å². The van der Waals surface area contributed by atoms with Crippen LogP contribution in [0.3, 0.4) is 0 Å². The van der Waals surface area contributed by atoms with Crippen LogP contribution in [0, 0.1) is 5.92 Å². The summed E-state index contributed by atoms with van der Waals surface area (Å²) in [5.41, 5.74) is 3.39. The van der Waals surface area contributed by atoms with Crippen molar-refractivity contribution in [3.63, 3.8) is 0 Å². The first-order valence-corrected chi connectivity index (χ1v) is 12.3. The number of amides is 1. The molecule has 0 aliphatic carbocycles. The number of aromatic nitrogens is 2. The van der Waals surface area contributed by atoms with Crippen LogP contribution in [-0.2, 0) is 4.79 Å². The van der Waals surface area contributed by atoms with E-state index in [9.17, 15) is 4.79 Å². The predicted octanol–water partition coefficient (Wildman–Crippen LogP) is 3.82. The number of para-hydroxylation sites is 1. The summed E-state index contributed by atoms with van der Waals surface area (Å²) >= 11 is 1.68. The molecule has 2 saturated heterocycles. The predicted molar refractivity (Wildman–Crippen MR) is 134 cm³/mol. The summed E-state index contributed by atoms with van der Waals surface area (Å²) in [5.74, 6) is 0.482. The fourth-order valence-corrected chi connectivity index (χ4v) is 5.25. The van der Waals surface area contributed by atoms with Crippen molar-refractivity contribution in [2.24, 2.45) is 5.92 Å². The van der Waals surface area contributed by atoms with Gasteiger partial charge in [0.05, 0.1) is 17.1 Å². The topological polar surface area (TPSA) is 53.4 Å². The van der Waals surface area contributed by atoms with Gasteiger partial charge in [-0.05, 0) is 56.0 Å². The zero-order chi connectivity index (χ0) is 21.2. The molecule has 1 amide bonds. The fraction of sp³-hybridized carbons (Fsp3) is 0.417. The molecule has 1 unspecified atom stereocenters. The Labute approximate surface area is 199 Å². The van der Waals surface area contributed by atoms with E-state index in [1.165, 1.54) is 11.1 Å². The van der Waals surface area contributed by atoms with Crippen LogP contribution in [0.5, 0.6) is 0 Å². The molecule has 0 spiro atoms. The van der Waals surface area contributed by atoms with Crippen molar-refractivity contribution in [3.05, 3.63) is 48.5 Å². The summed E-state index contributed by atoms with van der Waals surface area (Å²) in [6.45, 7) is 5.19. The second kappa shape index (κ2) is 10.1. The number of nitrogens with zero attached hydrogens (tertiary/aromatic N) is 4. The number of nitrogens with one attached hydrogen (secondary N) is 1. The summed E-state index contributed by atoms with van der Waals surface area (Å²) in [7, 11) is 0. The van der Waals surface area contributed by atoms with E-state index in [1.54, 1.807) is 11.8 Å². The van der Waals surface area contributed by atoms with Crippen molar-refractivity contribution in [3.8, 4) is 5.69 Å². The van der Waals surface area contributed by atoms with Gasteiger partial charge in [-0.2, -0.15) is 5.10 Å². The highest BCUT2D eigenvalue weighted by Crippen LogP contribution is 2.31. The zero-order valence-corrected chi connectivity index (χ0v) is 20.0. The minimum Gasteiger partial charge on any atom is -0.368 e. The van der Waals surface area contributed by atoms with Gasteiger partial charge in [0, 0.05) is 43.8 Å². The van der Waals surface area contributed by atoms with Gasteiger partial charge in [-0.3, -0.25) is 4.79 Å². The number of carbonyl (C=O) groups excluding carboxylic acids is 1. The molecule has 2 fully saturated rings. The number of piperidine rings is 1. The Kier molecular flexibility index (Phi) is 7.28. The summed E-state index contributed by atoms with van der Waals surface area (Å²) in [6, 6.07) is 16.9. The number of hydrogen-bond donors (Lipinski definition) is 1. The van der Waals surface area contributed by atoms with E-state index in [0.717, 1.165) is 68.3 Å². The number of benzene rings is 2. The summed E-state index contributed by atoms with van der Waals surface area (Å²) in [4.78, 5) is 17.3. The molecule has 1 N–H and O–H groups in total. The molecule has 2 aromatic carbocycles. The van der Waals surface area contributed by atoms with Crippen molar-refractivity contribution in [1.82, 2.24) is 20.0 Å². The number of hydrogen-bond acceptors (Lipinski definition) is 5. The molecule has 0 radical (unpaired) electrons. The summed E-state index contributed by atoms with van der Waals surface area (Å²) in [6.07, 6.45) is 4.19. The molecule has 3 aromatic rings. The average Bonchev–Trinajstić information content (AvgIpc) is 3.23. The quantitative estimate of drug-likeness (QED) is 0.586. The summed E-state index contributed by atoms with van der Waals surface area (Å²) < 4.78 is 2.04. The highest BCUT2D eigenvalue weighted by atomic mass is 35.5. The van der Waals surface area contributed by atoms with E-state index in [0.29, 0.717) is 5.91 Å². The Morgan fingerprint density at radius 3 is 2.53 bits per heavy atom. The molecule has 0 bridgehead atoms. The zero-order valence-electron chi connectivity index (χ0n) is 18.4. The Morgan fingerprint density at radius 2 is 1.84 bits per heavy atom. The van der Waals surface area contributed by atoms with Crippen molar-refractivity contribution in [2.75, 3.05) is 50.4 Å². The molecule has 170 valence electrons. The molecule has 2 aliphatic rings. The number of rotatable bonds is 4. The first kappa shape index (κ1) is 23.0. The van der Waals surface area contributed by atoms with Gasteiger partial charge in [-0.1, -0.05) is 18.2 Å². The van der Waals surface area contributed by atoms with E-state index in [4.69, 9.17) is 5.10 Å². The van der Waals surface area contributed by atoms with Crippen molar-refractivity contribution >= 4 is 46.7 Å². The molecule has 0 saturated carbocycles. The Morgan fingerprint density at radius 1 is 1.06 bits per heavy atom. The molecular weight excluding hydrogens is 442 g/mol. The molecule has 6 nitrogen and oxygen atoms in total. The lowest BCUT2D eigenvalue weighted by Gasteiger charge is -2.38. The van der Waals surface area contributed by atoms with Crippen LogP contribution < -0.4 is 10.2 Å². The smallest absolute Gasteiger partial charge is 0.227 e. The molecule has 1 atom stereocenters. The van der Waals surface area contributed by atoms with E-state index < -0.39 is 0 Å². The highest BCUT2D eigenvalue weighted by molar-refractivity contribution is 7.98. The highest BCUT2D eigenvalue weighted by Gasteiger charge is 2.28. The second-order valence-electron chi connectivity index (χ2n) is 8.31. The number of anilines is 1. The van der Waals surface area contributed by atoms with Crippen molar-refractivity contribution in [1.29, 1.82) is 0 Å². The third-order valence-electron chi connectivity index (χ3n) is 6.43. The largest absolute Gasteiger partial charge is 0.368 e. The van der Waals surface area contributed by atoms with Gasteiger partial charge in [0.25, 0.3) is 0 Å². The maximum absolute atomic E-state index is 12.9. The number of thioether (sulfide) groups is 1. The molecule has 32 heavy (non-hydrogen) atoms. The molecule has 5 rings (SSSR count). The Hall–Kier alpha value is -2.22. The standard InChI is InChI=1S/C24H29N5OS.ClH/c1-31-23-21-10-9-20(16-22(21)29(26-23)19-7-3-2-4-8-19)27-12-14-28(15-13-27)24(30)18-6-5-11-25-17-18;/h2-4,7-10,16,18,25H,5-6,11-15,17H2,1H3;1H. The van der Waals surface area contributed by atoms with Crippen LogP contribution in [0.25, 0.3) is 16.6 Å². The number of halogens is 1. The van der Waals surface area contributed by atoms with Gasteiger partial charge in [-0.25, -0.2) is 4.68 Å². The van der Waals surface area contributed by atoms with Crippen LogP contribution >= 0.6 is 24.2 Å². The van der Waals surface area contributed by atoms with E-state index >= 15 is 0 Å². The summed E-state index contributed by atoms with van der Waals surface area (Å²) in [5, 5.41) is 10.4. The van der Waals surface area contributed by atoms with Crippen molar-refractivity contribution < 1.29 is 4.79 Å². The lowest BCUT2D eigenvalue weighted by molar-refractivity contribution is -0.136. The normalized spacial score (nSPS) is 19.1. The maximum Gasteiger partial charge on any atom is 0.227 e. The monoisotopic (exact) mass is 471 g/mol. The molecule has 8 heteroatoms. The maximum atomic E-state index is 12.9. The average molecular weight is 472 g/mol. The first-order valence-electron chi connectivity index (χ1n) is 11.1. The lowest BCUT2D eigenvalue weighted by atomic mass is 9.98. The number of fused-ring (bicyclic) bond motifs is 1. The van der Waals surface area contributed by atoms with Gasteiger partial charge >= 0.3 is 0 Å². The van der Waals surface area contributed by atoms with E-state index in [-0.39, 0.29) is 18.3 Å². The molecule has 2 aliphatic heterocycles. The van der Waals surface area contributed by atoms with Crippen LogP contribution in [-0.4, -0.2) is 66.1 Å². The fourth-order valence-electron chi connectivity index (χ4n) is 4.69. The third kappa shape index (κ3) is 4.47. The van der Waals surface area contributed by atoms with Crippen LogP contribution in [0.2, 0.25) is 0 Å². The van der Waals surface area contributed by atoms with E-state index in [1.807, 2.05) is 22.9 Å². The lowest BCUT2D eigenvalue weighted by Crippen LogP contribution is -2.52. The van der Waals surface area contributed by atoms with E-state index in [2.05, 4.69) is 51.7 Å². The van der Waals surface area contributed by atoms with Crippen LogP contribution in [0.1, 0.15) is 12.8 Å². The molecule has 3 heterocycles.